The van der Waals surface area contributed by atoms with Gasteiger partial charge in [0.1, 0.15) is 16.8 Å². The van der Waals surface area contributed by atoms with E-state index in [9.17, 15) is 4.79 Å². The van der Waals surface area contributed by atoms with Gasteiger partial charge in [0.25, 0.3) is 0 Å². The minimum atomic E-state index is 0.196. The van der Waals surface area contributed by atoms with Crippen molar-refractivity contribution in [1.82, 2.24) is 14.9 Å². The van der Waals surface area contributed by atoms with Gasteiger partial charge in [0.05, 0.1) is 0 Å². The second-order valence-corrected chi connectivity index (χ2v) is 5.63. The Morgan fingerprint density at radius 3 is 2.84 bits per heavy atom. The Labute approximate surface area is 118 Å². The fourth-order valence-electron chi connectivity index (χ4n) is 2.11. The van der Waals surface area contributed by atoms with Gasteiger partial charge < -0.3 is 10.2 Å². The number of hydrogen-bond donors (Lipinski definition) is 1. The summed E-state index contributed by atoms with van der Waals surface area (Å²) >= 11 is 6.01. The molecule has 1 atom stereocenters. The zero-order chi connectivity index (χ0) is 14.0. The second-order valence-electron chi connectivity index (χ2n) is 5.24. The van der Waals surface area contributed by atoms with Crippen LogP contribution in [0.2, 0.25) is 5.15 Å². The van der Waals surface area contributed by atoms with Crippen molar-refractivity contribution in [3.63, 3.8) is 0 Å². The molecule has 0 bridgehead atoms. The van der Waals surface area contributed by atoms with E-state index in [1.54, 1.807) is 11.0 Å². The third-order valence-electron chi connectivity index (χ3n) is 3.21. The Bertz CT molecular complexity index is 478. The zero-order valence-corrected chi connectivity index (χ0v) is 12.2. The van der Waals surface area contributed by atoms with Gasteiger partial charge in [0.2, 0.25) is 5.91 Å². The minimum absolute atomic E-state index is 0.196. The van der Waals surface area contributed by atoms with E-state index < -0.39 is 0 Å². The third kappa shape index (κ3) is 3.56. The molecule has 1 amide bonds. The molecule has 1 aromatic heterocycles. The van der Waals surface area contributed by atoms with Gasteiger partial charge in [-0.1, -0.05) is 25.4 Å². The first-order valence-corrected chi connectivity index (χ1v) is 6.88. The lowest BCUT2D eigenvalue weighted by atomic mass is 10.1. The van der Waals surface area contributed by atoms with Crippen LogP contribution in [0.1, 0.15) is 38.4 Å². The molecule has 1 fully saturated rings. The molecule has 0 aliphatic carbocycles. The van der Waals surface area contributed by atoms with Crippen molar-refractivity contribution in [2.75, 3.05) is 18.9 Å². The predicted molar refractivity (Wildman–Crippen MR) is 75.4 cm³/mol. The first kappa shape index (κ1) is 14.1. The number of likely N-dealkylation sites (N-methyl/N-ethyl adjacent to an activating group) is 1. The average Bonchev–Trinajstić information content (AvgIpc) is 2.33. The summed E-state index contributed by atoms with van der Waals surface area (Å²) in [6.07, 6.45) is 1.39. The number of rotatable bonds is 3. The number of amides is 1. The number of halogens is 1. The maximum Gasteiger partial charge on any atom is 0.222 e. The molecule has 104 valence electrons. The molecule has 5 nitrogen and oxygen atoms in total. The molecule has 0 spiro atoms. The van der Waals surface area contributed by atoms with Crippen molar-refractivity contribution < 1.29 is 4.79 Å². The number of carbonyl (C=O) groups excluding carboxylic acids is 1. The van der Waals surface area contributed by atoms with Crippen LogP contribution >= 0.6 is 11.6 Å². The fraction of sp³-hybridized carbons (Fsp3) is 0.615. The summed E-state index contributed by atoms with van der Waals surface area (Å²) in [6.45, 7) is 4.75. The van der Waals surface area contributed by atoms with Crippen molar-refractivity contribution in [2.24, 2.45) is 0 Å². The average molecular weight is 283 g/mol. The Morgan fingerprint density at radius 2 is 2.21 bits per heavy atom. The minimum Gasteiger partial charge on any atom is -0.365 e. The molecule has 0 radical (unpaired) electrons. The Kier molecular flexibility index (Phi) is 4.24. The third-order valence-corrected chi connectivity index (χ3v) is 3.40. The first-order chi connectivity index (χ1) is 8.95. The monoisotopic (exact) mass is 282 g/mol. The summed E-state index contributed by atoms with van der Waals surface area (Å²) < 4.78 is 0. The maximum absolute atomic E-state index is 11.4. The molecule has 1 aliphatic heterocycles. The van der Waals surface area contributed by atoms with Gasteiger partial charge in [0.15, 0.2) is 0 Å². The summed E-state index contributed by atoms with van der Waals surface area (Å²) in [5, 5.41) is 3.78. The van der Waals surface area contributed by atoms with Crippen LogP contribution < -0.4 is 5.32 Å². The van der Waals surface area contributed by atoms with Crippen LogP contribution in [0.4, 0.5) is 5.82 Å². The van der Waals surface area contributed by atoms with Crippen LogP contribution in [0.3, 0.4) is 0 Å². The molecule has 19 heavy (non-hydrogen) atoms. The highest BCUT2D eigenvalue weighted by atomic mass is 35.5. The summed E-state index contributed by atoms with van der Waals surface area (Å²) in [4.78, 5) is 21.8. The molecule has 1 aliphatic rings. The smallest absolute Gasteiger partial charge is 0.222 e. The van der Waals surface area contributed by atoms with Gasteiger partial charge in [-0.25, -0.2) is 9.97 Å². The molecule has 1 saturated heterocycles. The first-order valence-electron chi connectivity index (χ1n) is 6.50. The number of piperidine rings is 1. The van der Waals surface area contributed by atoms with E-state index in [1.807, 2.05) is 20.9 Å². The Balaban J connectivity index is 2.08. The highest BCUT2D eigenvalue weighted by Gasteiger charge is 2.23. The lowest BCUT2D eigenvalue weighted by molar-refractivity contribution is -0.132. The van der Waals surface area contributed by atoms with E-state index in [0.29, 0.717) is 18.1 Å². The number of hydrogen-bond acceptors (Lipinski definition) is 4. The van der Waals surface area contributed by atoms with Gasteiger partial charge in [-0.15, -0.1) is 0 Å². The van der Waals surface area contributed by atoms with Crippen molar-refractivity contribution >= 4 is 23.3 Å². The quantitative estimate of drug-likeness (QED) is 0.864. The van der Waals surface area contributed by atoms with Crippen molar-refractivity contribution in [3.05, 3.63) is 17.0 Å². The van der Waals surface area contributed by atoms with Gasteiger partial charge in [-0.2, -0.15) is 0 Å². The van der Waals surface area contributed by atoms with Crippen LogP contribution in [0.5, 0.6) is 0 Å². The molecular weight excluding hydrogens is 264 g/mol. The number of aromatic nitrogens is 2. The van der Waals surface area contributed by atoms with E-state index in [1.165, 1.54) is 0 Å². The topological polar surface area (TPSA) is 58.1 Å². The highest BCUT2D eigenvalue weighted by Crippen LogP contribution is 2.19. The summed E-state index contributed by atoms with van der Waals surface area (Å²) in [7, 11) is 1.82. The molecule has 1 unspecified atom stereocenters. The predicted octanol–water partition coefficient (Wildman–Crippen LogP) is 2.29. The molecule has 6 heteroatoms. The summed E-state index contributed by atoms with van der Waals surface area (Å²) in [5.74, 6) is 1.89. The fourth-order valence-corrected chi connectivity index (χ4v) is 2.30. The summed E-state index contributed by atoms with van der Waals surface area (Å²) in [5.41, 5.74) is 0. The van der Waals surface area contributed by atoms with E-state index in [-0.39, 0.29) is 17.9 Å². The number of likely N-dealkylation sites (tertiary alicyclic amines) is 1. The van der Waals surface area contributed by atoms with Crippen LogP contribution in [-0.2, 0) is 4.79 Å². The Hall–Kier alpha value is -1.36. The van der Waals surface area contributed by atoms with E-state index in [0.717, 1.165) is 18.1 Å². The van der Waals surface area contributed by atoms with Crippen LogP contribution in [0, 0.1) is 0 Å². The van der Waals surface area contributed by atoms with Crippen LogP contribution in [0.25, 0.3) is 0 Å². The van der Waals surface area contributed by atoms with Gasteiger partial charge in [-0.3, -0.25) is 4.79 Å². The molecular formula is C13H19ClN4O. The highest BCUT2D eigenvalue weighted by molar-refractivity contribution is 6.29. The Morgan fingerprint density at radius 1 is 1.47 bits per heavy atom. The van der Waals surface area contributed by atoms with Gasteiger partial charge >= 0.3 is 0 Å². The van der Waals surface area contributed by atoms with Crippen LogP contribution in [0.15, 0.2) is 6.07 Å². The number of nitrogens with zero attached hydrogens (tertiary/aromatic N) is 3. The van der Waals surface area contributed by atoms with E-state index in [4.69, 9.17) is 11.6 Å². The standard InChI is InChI=1S/C13H19ClN4O/c1-8(2)13-16-10(14)6-11(17-13)15-9-4-5-12(19)18(3)7-9/h6,8-9H,4-5,7H2,1-3H3,(H,15,16,17). The molecule has 2 rings (SSSR count). The molecule has 0 saturated carbocycles. The number of anilines is 1. The molecule has 2 heterocycles. The number of nitrogens with one attached hydrogen (secondary N) is 1. The van der Waals surface area contributed by atoms with Crippen molar-refractivity contribution in [2.45, 2.75) is 38.6 Å². The summed E-state index contributed by atoms with van der Waals surface area (Å²) in [6, 6.07) is 1.94. The number of carbonyl (C=O) groups is 1. The zero-order valence-electron chi connectivity index (χ0n) is 11.5. The van der Waals surface area contributed by atoms with Crippen molar-refractivity contribution in [1.29, 1.82) is 0 Å². The van der Waals surface area contributed by atoms with Crippen LogP contribution in [-0.4, -0.2) is 40.4 Å². The second kappa shape index (κ2) is 5.74. The largest absolute Gasteiger partial charge is 0.365 e. The lowest BCUT2D eigenvalue weighted by Crippen LogP contribution is -2.43. The molecule has 1 aromatic rings. The lowest BCUT2D eigenvalue weighted by Gasteiger charge is -2.30. The van der Waals surface area contributed by atoms with Gasteiger partial charge in [-0.05, 0) is 6.42 Å². The molecule has 0 aromatic carbocycles. The van der Waals surface area contributed by atoms with Crippen molar-refractivity contribution in [3.8, 4) is 0 Å². The molecule has 1 N–H and O–H groups in total. The van der Waals surface area contributed by atoms with E-state index in [2.05, 4.69) is 15.3 Å². The maximum atomic E-state index is 11.4. The normalized spacial score (nSPS) is 19.9. The SMILES string of the molecule is CC(C)c1nc(Cl)cc(NC2CCC(=O)N(C)C2)n1. The van der Waals surface area contributed by atoms with E-state index >= 15 is 0 Å². The van der Waals surface area contributed by atoms with Gasteiger partial charge in [0, 0.05) is 38.0 Å².